The molecule has 0 bridgehead atoms. The van der Waals surface area contributed by atoms with Crippen molar-refractivity contribution >= 4 is 13.7 Å². The number of allylic oxidation sites excluding steroid dienone is 8. The number of amides is 1. The van der Waals surface area contributed by atoms with Crippen LogP contribution in [0.4, 0.5) is 0 Å². The van der Waals surface area contributed by atoms with Gasteiger partial charge < -0.3 is 19.8 Å². The highest BCUT2D eigenvalue weighted by Crippen LogP contribution is 2.43. The molecule has 9 heteroatoms. The maximum absolute atomic E-state index is 13.0. The van der Waals surface area contributed by atoms with Crippen molar-refractivity contribution in [1.29, 1.82) is 0 Å². The summed E-state index contributed by atoms with van der Waals surface area (Å²) in [5.74, 6) is -0.143. The van der Waals surface area contributed by atoms with E-state index in [4.69, 9.17) is 9.05 Å². The first-order valence-electron chi connectivity index (χ1n) is 28.5. The van der Waals surface area contributed by atoms with Crippen LogP contribution >= 0.6 is 7.82 Å². The van der Waals surface area contributed by atoms with Crippen molar-refractivity contribution in [3.63, 3.8) is 0 Å². The molecule has 1 amide bonds. The van der Waals surface area contributed by atoms with Gasteiger partial charge in [0.25, 0.3) is 0 Å². The number of carbonyl (C=O) groups excluding carboxylic acids is 1. The number of hydrogen-bond donors (Lipinski definition) is 3. The van der Waals surface area contributed by atoms with E-state index in [1.165, 1.54) is 173 Å². The van der Waals surface area contributed by atoms with E-state index in [2.05, 4.69) is 67.8 Å². The molecule has 8 nitrogen and oxygen atoms in total. The average molecular weight is 965 g/mol. The number of likely N-dealkylation sites (N-methyl/N-ethyl adjacent to an activating group) is 1. The van der Waals surface area contributed by atoms with Crippen LogP contribution in [0.25, 0.3) is 0 Å². The Hall–Kier alpha value is -1.54. The lowest BCUT2D eigenvalue weighted by atomic mass is 10.0. The number of aliphatic hydroxyl groups excluding tert-OH is 1. The molecule has 3 N–H and O–H groups in total. The predicted octanol–water partition coefficient (Wildman–Crippen LogP) is 17.2. The van der Waals surface area contributed by atoms with Crippen LogP contribution in [0.5, 0.6) is 0 Å². The molecule has 0 radical (unpaired) electrons. The second-order valence-electron chi connectivity index (χ2n) is 20.6. The highest BCUT2D eigenvalue weighted by Gasteiger charge is 2.28. The van der Waals surface area contributed by atoms with Gasteiger partial charge in [-0.25, -0.2) is 4.57 Å². The van der Waals surface area contributed by atoms with Gasteiger partial charge in [0, 0.05) is 6.42 Å². The zero-order valence-corrected chi connectivity index (χ0v) is 45.8. The first-order valence-corrected chi connectivity index (χ1v) is 30.0. The van der Waals surface area contributed by atoms with Gasteiger partial charge >= 0.3 is 7.82 Å². The second kappa shape index (κ2) is 49.4. The second-order valence-corrected chi connectivity index (χ2v) is 22.1. The van der Waals surface area contributed by atoms with Crippen molar-refractivity contribution in [3.05, 3.63) is 48.6 Å². The standard InChI is InChI=1S/C58H111N2O6P/c1-6-8-10-12-14-16-18-20-22-24-25-26-27-28-29-30-31-32-33-34-35-36-38-40-42-44-46-48-50-52-58(62)59-56(55-66-67(63,64)65-54-53-60(3,4)5)57(61)51-49-47-45-43-41-39-37-23-21-19-17-15-13-11-9-7-2/h8,10,14,16,20,22,25-26,56-57,61H,6-7,9,11-13,15,17-19,21,23-24,27-55H2,1-5H3,(H-,59,62,63,64)/p+1/b10-8-,16-14-,22-20-,26-25-. The summed E-state index contributed by atoms with van der Waals surface area (Å²) in [7, 11) is 1.62. The molecule has 0 aliphatic rings. The zero-order chi connectivity index (χ0) is 49.2. The Kier molecular flexibility index (Phi) is 48.3. The molecular formula is C58H112N2O6P+. The summed E-state index contributed by atoms with van der Waals surface area (Å²) in [6.07, 6.45) is 64.5. The third kappa shape index (κ3) is 52.1. The maximum Gasteiger partial charge on any atom is 0.472 e. The molecule has 67 heavy (non-hydrogen) atoms. The molecule has 3 unspecified atom stereocenters. The first kappa shape index (κ1) is 65.5. The molecule has 0 fully saturated rings. The summed E-state index contributed by atoms with van der Waals surface area (Å²) in [4.78, 5) is 23.3. The van der Waals surface area contributed by atoms with Crippen LogP contribution in [0.2, 0.25) is 0 Å². The Labute approximate surface area is 416 Å². The summed E-state index contributed by atoms with van der Waals surface area (Å²) in [5, 5.41) is 14.1. The molecule has 3 atom stereocenters. The van der Waals surface area contributed by atoms with Gasteiger partial charge in [0.05, 0.1) is 39.9 Å². The number of nitrogens with zero attached hydrogens (tertiary/aromatic N) is 1. The number of quaternary nitrogens is 1. The van der Waals surface area contributed by atoms with Crippen LogP contribution in [-0.2, 0) is 18.4 Å². The minimum absolute atomic E-state index is 0.0750. The molecule has 394 valence electrons. The number of rotatable bonds is 52. The molecule has 0 aliphatic carbocycles. The molecule has 0 spiro atoms. The van der Waals surface area contributed by atoms with E-state index < -0.39 is 20.0 Å². The van der Waals surface area contributed by atoms with E-state index in [1.54, 1.807) is 0 Å². The van der Waals surface area contributed by atoms with Gasteiger partial charge in [-0.05, 0) is 51.4 Å². The van der Waals surface area contributed by atoms with Crippen LogP contribution in [0.1, 0.15) is 264 Å². The summed E-state index contributed by atoms with van der Waals surface area (Å²) >= 11 is 0. The number of hydrogen-bond acceptors (Lipinski definition) is 5. The predicted molar refractivity (Wildman–Crippen MR) is 291 cm³/mol. The Balaban J connectivity index is 4.09. The van der Waals surface area contributed by atoms with E-state index >= 15 is 0 Å². The minimum atomic E-state index is -4.32. The quantitative estimate of drug-likeness (QED) is 0.0243. The molecule has 0 heterocycles. The lowest BCUT2D eigenvalue weighted by molar-refractivity contribution is -0.870. The fourth-order valence-corrected chi connectivity index (χ4v) is 9.13. The highest BCUT2D eigenvalue weighted by molar-refractivity contribution is 7.47. The van der Waals surface area contributed by atoms with E-state index in [0.717, 1.165) is 64.2 Å². The monoisotopic (exact) mass is 964 g/mol. The summed E-state index contributed by atoms with van der Waals surface area (Å²) < 4.78 is 23.8. The van der Waals surface area contributed by atoms with Crippen LogP contribution in [0.15, 0.2) is 48.6 Å². The van der Waals surface area contributed by atoms with Gasteiger partial charge in [0.1, 0.15) is 13.2 Å². The normalized spacial score (nSPS) is 14.3. The molecule has 0 aromatic rings. The van der Waals surface area contributed by atoms with Crippen molar-refractivity contribution in [1.82, 2.24) is 5.32 Å². The summed E-state index contributed by atoms with van der Waals surface area (Å²) in [6.45, 7) is 4.80. The molecule has 0 aromatic heterocycles. The Morgan fingerprint density at radius 2 is 0.896 bits per heavy atom. The highest BCUT2D eigenvalue weighted by atomic mass is 31.2. The van der Waals surface area contributed by atoms with Crippen molar-refractivity contribution in [3.8, 4) is 0 Å². The summed E-state index contributed by atoms with van der Waals surface area (Å²) in [6, 6.07) is -0.760. The third-order valence-corrected chi connectivity index (χ3v) is 13.8. The molecular weight excluding hydrogens is 852 g/mol. The average Bonchev–Trinajstić information content (AvgIpc) is 3.29. The van der Waals surface area contributed by atoms with Crippen LogP contribution < -0.4 is 5.32 Å². The number of aliphatic hydroxyl groups is 1. The molecule has 0 aliphatic heterocycles. The van der Waals surface area contributed by atoms with Gasteiger partial charge in [-0.15, -0.1) is 0 Å². The summed E-state index contributed by atoms with van der Waals surface area (Å²) in [5.41, 5.74) is 0. The number of phosphoric ester groups is 1. The van der Waals surface area contributed by atoms with Crippen LogP contribution in [0.3, 0.4) is 0 Å². The van der Waals surface area contributed by atoms with Gasteiger partial charge in [-0.2, -0.15) is 0 Å². The van der Waals surface area contributed by atoms with Crippen molar-refractivity contribution < 1.29 is 32.9 Å². The van der Waals surface area contributed by atoms with Gasteiger partial charge in [-0.1, -0.05) is 255 Å². The Morgan fingerprint density at radius 3 is 1.31 bits per heavy atom. The number of nitrogens with one attached hydrogen (secondary N) is 1. The van der Waals surface area contributed by atoms with E-state index in [9.17, 15) is 19.4 Å². The lowest BCUT2D eigenvalue weighted by Crippen LogP contribution is -2.46. The van der Waals surface area contributed by atoms with Crippen LogP contribution in [-0.4, -0.2) is 73.4 Å². The molecule has 0 rings (SSSR count). The van der Waals surface area contributed by atoms with Crippen molar-refractivity contribution in [2.75, 3.05) is 40.9 Å². The number of unbranched alkanes of at least 4 members (excludes halogenated alkanes) is 31. The smallest absolute Gasteiger partial charge is 0.391 e. The van der Waals surface area contributed by atoms with Crippen molar-refractivity contribution in [2.24, 2.45) is 0 Å². The Morgan fingerprint density at radius 1 is 0.522 bits per heavy atom. The number of phosphoric acid groups is 1. The first-order chi connectivity index (χ1) is 32.5. The molecule has 0 saturated carbocycles. The largest absolute Gasteiger partial charge is 0.472 e. The van der Waals surface area contributed by atoms with E-state index in [-0.39, 0.29) is 19.1 Å². The Bertz CT molecular complexity index is 1230. The molecule has 0 saturated heterocycles. The SMILES string of the molecule is CC/C=C\C/C=C\C/C=C\C/C=C\CCCCCCCCCCCCCCCCCCC(=O)NC(COP(=O)(O)OCC[N+](C)(C)C)C(O)CCCCCCCCCCCCCCCCCC. The minimum Gasteiger partial charge on any atom is -0.391 e. The topological polar surface area (TPSA) is 105 Å². The van der Waals surface area contributed by atoms with Crippen LogP contribution in [0, 0.1) is 0 Å². The fourth-order valence-electron chi connectivity index (χ4n) is 8.39. The zero-order valence-electron chi connectivity index (χ0n) is 44.9. The fraction of sp³-hybridized carbons (Fsp3) is 0.845. The van der Waals surface area contributed by atoms with Gasteiger partial charge in [0.2, 0.25) is 5.91 Å². The third-order valence-electron chi connectivity index (χ3n) is 12.8. The number of carbonyl (C=O) groups is 1. The molecule has 0 aromatic carbocycles. The van der Waals surface area contributed by atoms with Crippen molar-refractivity contribution in [2.45, 2.75) is 276 Å². The van der Waals surface area contributed by atoms with Gasteiger partial charge in [-0.3, -0.25) is 13.8 Å². The van der Waals surface area contributed by atoms with E-state index in [0.29, 0.717) is 23.9 Å². The van der Waals surface area contributed by atoms with Gasteiger partial charge in [0.15, 0.2) is 0 Å². The maximum atomic E-state index is 13.0. The van der Waals surface area contributed by atoms with E-state index in [1.807, 2.05) is 21.1 Å². The lowest BCUT2D eigenvalue weighted by Gasteiger charge is -2.26.